The quantitative estimate of drug-likeness (QED) is 0.689. The van der Waals surface area contributed by atoms with Gasteiger partial charge in [-0.3, -0.25) is 0 Å². The molecule has 0 nitrogen and oxygen atoms in total. The SMILES string of the molecule is C[C@@H](/C=C/c1ccccc1)[C]1[CH][CH][CH][CH]1. The minimum absolute atomic E-state index is 0.486. The Morgan fingerprint density at radius 3 is 2.33 bits per heavy atom. The van der Waals surface area contributed by atoms with E-state index in [1.807, 2.05) is 6.07 Å². The molecule has 1 aliphatic carbocycles. The summed E-state index contributed by atoms with van der Waals surface area (Å²) in [5, 5.41) is 0. The van der Waals surface area contributed by atoms with Crippen molar-refractivity contribution < 1.29 is 0 Å². The van der Waals surface area contributed by atoms with Crippen molar-refractivity contribution in [1.82, 2.24) is 0 Å². The van der Waals surface area contributed by atoms with Crippen LogP contribution in [0.15, 0.2) is 36.4 Å². The second-order valence-electron chi connectivity index (χ2n) is 3.78. The fraction of sp³-hybridized carbons (Fsp3) is 0.133. The first kappa shape index (κ1) is 10.5. The highest BCUT2D eigenvalue weighted by Crippen LogP contribution is 2.31. The molecule has 1 fully saturated rings. The summed E-state index contributed by atoms with van der Waals surface area (Å²) in [6.07, 6.45) is 12.9. The molecule has 75 valence electrons. The van der Waals surface area contributed by atoms with E-state index in [0.717, 1.165) is 0 Å². The van der Waals surface area contributed by atoms with Gasteiger partial charge in [0.2, 0.25) is 0 Å². The van der Waals surface area contributed by atoms with Crippen molar-refractivity contribution in [2.45, 2.75) is 6.92 Å². The molecule has 0 aliphatic heterocycles. The second-order valence-corrected chi connectivity index (χ2v) is 3.78. The molecule has 0 amide bonds. The second kappa shape index (κ2) is 5.16. The summed E-state index contributed by atoms with van der Waals surface area (Å²) in [5.74, 6) is 1.86. The van der Waals surface area contributed by atoms with E-state index < -0.39 is 0 Å². The summed E-state index contributed by atoms with van der Waals surface area (Å²) in [6, 6.07) is 10.4. The minimum Gasteiger partial charge on any atom is -0.0805 e. The zero-order valence-electron chi connectivity index (χ0n) is 8.93. The van der Waals surface area contributed by atoms with Gasteiger partial charge in [0.25, 0.3) is 0 Å². The fourth-order valence-electron chi connectivity index (χ4n) is 1.62. The van der Waals surface area contributed by atoms with Crippen LogP contribution in [0.5, 0.6) is 0 Å². The lowest BCUT2D eigenvalue weighted by molar-refractivity contribution is 0.798. The topological polar surface area (TPSA) is 0 Å². The zero-order valence-corrected chi connectivity index (χ0v) is 8.93. The summed E-state index contributed by atoms with van der Waals surface area (Å²) < 4.78 is 0. The molecule has 1 saturated carbocycles. The monoisotopic (exact) mass is 195 g/mol. The largest absolute Gasteiger partial charge is 0.0805 e. The maximum absolute atomic E-state index is 2.24. The van der Waals surface area contributed by atoms with Crippen LogP contribution in [0.25, 0.3) is 6.08 Å². The summed E-state index contributed by atoms with van der Waals surface area (Å²) in [4.78, 5) is 0. The van der Waals surface area contributed by atoms with Crippen molar-refractivity contribution in [3.05, 3.63) is 73.6 Å². The van der Waals surface area contributed by atoms with Crippen LogP contribution in [-0.4, -0.2) is 0 Å². The minimum atomic E-state index is 0.486. The molecule has 1 atom stereocenters. The molecule has 0 bridgehead atoms. The van der Waals surface area contributed by atoms with Crippen LogP contribution in [0.1, 0.15) is 12.5 Å². The van der Waals surface area contributed by atoms with E-state index in [1.54, 1.807) is 0 Å². The summed E-state index contributed by atoms with van der Waals surface area (Å²) in [5.41, 5.74) is 1.26. The lowest BCUT2D eigenvalue weighted by Crippen LogP contribution is -2.02. The maximum Gasteiger partial charge on any atom is -0.0101 e. The van der Waals surface area contributed by atoms with Crippen molar-refractivity contribution >= 4 is 6.08 Å². The Morgan fingerprint density at radius 2 is 1.67 bits per heavy atom. The van der Waals surface area contributed by atoms with Crippen LogP contribution in [0.2, 0.25) is 0 Å². The molecule has 0 spiro atoms. The Balaban J connectivity index is 1.93. The molecule has 2 rings (SSSR count). The van der Waals surface area contributed by atoms with Gasteiger partial charge in [-0.1, -0.05) is 49.4 Å². The first-order valence-electron chi connectivity index (χ1n) is 5.31. The highest BCUT2D eigenvalue weighted by Gasteiger charge is 2.20. The molecule has 0 unspecified atom stereocenters. The average molecular weight is 195 g/mol. The third-order valence-corrected chi connectivity index (χ3v) is 2.59. The van der Waals surface area contributed by atoms with Gasteiger partial charge in [-0.2, -0.15) is 0 Å². The lowest BCUT2D eigenvalue weighted by atomic mass is 9.92. The predicted molar refractivity (Wildman–Crippen MR) is 65.1 cm³/mol. The fourth-order valence-corrected chi connectivity index (χ4v) is 1.62. The number of allylic oxidation sites excluding steroid dienone is 1. The Kier molecular flexibility index (Phi) is 3.60. The van der Waals surface area contributed by atoms with Crippen LogP contribution in [0.3, 0.4) is 0 Å². The molecule has 1 aliphatic rings. The van der Waals surface area contributed by atoms with Gasteiger partial charge < -0.3 is 0 Å². The molecule has 1 aromatic rings. The highest BCUT2D eigenvalue weighted by atomic mass is 14.2. The van der Waals surface area contributed by atoms with Gasteiger partial charge in [0.15, 0.2) is 0 Å². The van der Waals surface area contributed by atoms with Crippen LogP contribution >= 0.6 is 0 Å². The lowest BCUT2D eigenvalue weighted by Gasteiger charge is -2.12. The summed E-state index contributed by atoms with van der Waals surface area (Å²) in [7, 11) is 0. The van der Waals surface area contributed by atoms with Gasteiger partial charge in [0, 0.05) is 0 Å². The van der Waals surface area contributed by atoms with Gasteiger partial charge in [-0.05, 0) is 43.1 Å². The first-order chi connectivity index (χ1) is 7.36. The van der Waals surface area contributed by atoms with Crippen molar-refractivity contribution in [3.63, 3.8) is 0 Å². The van der Waals surface area contributed by atoms with Gasteiger partial charge in [-0.15, -0.1) is 0 Å². The summed E-state index contributed by atoms with van der Waals surface area (Å²) in [6.45, 7) is 2.22. The molecule has 5 radical (unpaired) electrons. The van der Waals surface area contributed by atoms with Crippen LogP contribution in [0.4, 0.5) is 0 Å². The first-order valence-corrected chi connectivity index (χ1v) is 5.31. The van der Waals surface area contributed by atoms with E-state index in [4.69, 9.17) is 0 Å². The molecule has 1 aromatic carbocycles. The zero-order chi connectivity index (χ0) is 10.5. The molecular formula is C15H15. The molecule has 0 saturated heterocycles. The Morgan fingerprint density at radius 1 is 1.00 bits per heavy atom. The smallest absolute Gasteiger partial charge is 0.0101 e. The van der Waals surface area contributed by atoms with Crippen LogP contribution in [-0.2, 0) is 0 Å². The van der Waals surface area contributed by atoms with E-state index in [1.165, 1.54) is 11.5 Å². The molecule has 15 heavy (non-hydrogen) atoms. The normalized spacial score (nSPS) is 19.8. The van der Waals surface area contributed by atoms with Gasteiger partial charge in [0.1, 0.15) is 0 Å². The molecular weight excluding hydrogens is 180 g/mol. The van der Waals surface area contributed by atoms with Crippen molar-refractivity contribution in [2.75, 3.05) is 0 Å². The highest BCUT2D eigenvalue weighted by molar-refractivity contribution is 5.51. The average Bonchev–Trinajstić information content (AvgIpc) is 2.81. The van der Waals surface area contributed by atoms with Crippen LogP contribution < -0.4 is 0 Å². The third-order valence-electron chi connectivity index (χ3n) is 2.59. The number of hydrogen-bond donors (Lipinski definition) is 0. The van der Waals surface area contributed by atoms with E-state index >= 15 is 0 Å². The molecule has 0 heteroatoms. The number of benzene rings is 1. The summed E-state index contributed by atoms with van der Waals surface area (Å²) >= 11 is 0. The Bertz CT molecular complexity index is 304. The van der Waals surface area contributed by atoms with Crippen molar-refractivity contribution in [3.8, 4) is 0 Å². The molecule has 0 aromatic heterocycles. The van der Waals surface area contributed by atoms with Crippen molar-refractivity contribution in [2.24, 2.45) is 5.92 Å². The predicted octanol–water partition coefficient (Wildman–Crippen LogP) is 3.74. The van der Waals surface area contributed by atoms with E-state index in [0.29, 0.717) is 5.92 Å². The van der Waals surface area contributed by atoms with Gasteiger partial charge >= 0.3 is 0 Å². The Hall–Kier alpha value is -1.04. The number of rotatable bonds is 3. The van der Waals surface area contributed by atoms with Crippen LogP contribution in [0, 0.1) is 37.5 Å². The maximum atomic E-state index is 2.24. The number of hydrogen-bond acceptors (Lipinski definition) is 0. The third kappa shape index (κ3) is 2.95. The Labute approximate surface area is 93.0 Å². The molecule has 0 heterocycles. The standard InChI is InChI=1S/C15H15/c1-13(15-9-5-6-10-15)11-12-14-7-3-2-4-8-14/h2-13H,1H3/b12-11+/t13-/m0/s1. The van der Waals surface area contributed by atoms with E-state index in [-0.39, 0.29) is 0 Å². The molecule has 0 N–H and O–H groups in total. The van der Waals surface area contributed by atoms with Gasteiger partial charge in [0.05, 0.1) is 0 Å². The van der Waals surface area contributed by atoms with E-state index in [2.05, 4.69) is 69.0 Å². The van der Waals surface area contributed by atoms with Crippen molar-refractivity contribution in [1.29, 1.82) is 0 Å². The van der Waals surface area contributed by atoms with E-state index in [9.17, 15) is 0 Å². The van der Waals surface area contributed by atoms with Gasteiger partial charge in [-0.25, -0.2) is 0 Å².